The van der Waals surface area contributed by atoms with Crippen LogP contribution in [0.4, 0.5) is 14.5 Å². The third-order valence-corrected chi connectivity index (χ3v) is 7.67. The molecule has 1 aliphatic rings. The summed E-state index contributed by atoms with van der Waals surface area (Å²) in [7, 11) is 0. The molecule has 1 aliphatic heterocycles. The van der Waals surface area contributed by atoms with Crippen molar-refractivity contribution in [3.8, 4) is 11.1 Å². The number of aromatic amines is 1. The molecule has 2 amide bonds. The number of fused-ring (bicyclic) bond motifs is 2. The number of hydrogen-bond acceptors (Lipinski definition) is 5. The molecule has 6 rings (SSSR count). The normalized spacial score (nSPS) is 16.9. The number of nitrogens with zero attached hydrogens (tertiary/aromatic N) is 4. The number of anilines is 1. The number of amides is 2. The van der Waals surface area contributed by atoms with E-state index in [2.05, 4.69) is 20.4 Å². The Morgan fingerprint density at radius 1 is 1.12 bits per heavy atom. The van der Waals surface area contributed by atoms with Gasteiger partial charge in [0.05, 0.1) is 29.0 Å². The van der Waals surface area contributed by atoms with Crippen molar-refractivity contribution in [2.75, 3.05) is 11.9 Å². The first kappa shape index (κ1) is 26.6. The summed E-state index contributed by atoms with van der Waals surface area (Å²) in [5.74, 6) is -2.29. The first-order chi connectivity index (χ1) is 19.7. The number of rotatable bonds is 6. The van der Waals surface area contributed by atoms with E-state index in [0.717, 1.165) is 15.8 Å². The molecule has 12 heteroatoms. The SMILES string of the molecule is CC(=O)c1nn(CC(=O)N2C[C@H](F)C[C@H]2C(=O)Nc2cccc(-c3ccc4[nH]ccc4c3Cl)c2F)c2cnccc12. The van der Waals surface area contributed by atoms with E-state index in [1.165, 1.54) is 30.1 Å². The molecular weight excluding hydrogens is 554 g/mol. The quantitative estimate of drug-likeness (QED) is 0.271. The molecule has 0 bridgehead atoms. The van der Waals surface area contributed by atoms with Crippen LogP contribution in [-0.2, 0) is 16.1 Å². The smallest absolute Gasteiger partial charge is 0.247 e. The summed E-state index contributed by atoms with van der Waals surface area (Å²) >= 11 is 6.55. The highest BCUT2D eigenvalue weighted by atomic mass is 35.5. The molecule has 208 valence electrons. The number of carbonyl (C=O) groups excluding carboxylic acids is 3. The number of benzene rings is 2. The zero-order valence-corrected chi connectivity index (χ0v) is 22.5. The Hall–Kier alpha value is -4.64. The summed E-state index contributed by atoms with van der Waals surface area (Å²) < 4.78 is 31.5. The number of halogens is 3. The second-order valence-electron chi connectivity index (χ2n) is 9.87. The number of Topliss-reactive ketones (excluding diaryl/α,β-unsaturated/α-hetero) is 1. The summed E-state index contributed by atoms with van der Waals surface area (Å²) in [6, 6.07) is 10.2. The number of H-pyrrole nitrogens is 1. The summed E-state index contributed by atoms with van der Waals surface area (Å²) in [5, 5.41) is 8.40. The van der Waals surface area contributed by atoms with Crippen LogP contribution in [0.15, 0.2) is 61.1 Å². The molecule has 2 N–H and O–H groups in total. The number of hydrogen-bond donors (Lipinski definition) is 2. The van der Waals surface area contributed by atoms with Gasteiger partial charge in [0.25, 0.3) is 0 Å². The van der Waals surface area contributed by atoms with Crippen LogP contribution in [0.25, 0.3) is 32.9 Å². The minimum absolute atomic E-state index is 0.123. The van der Waals surface area contributed by atoms with Crippen molar-refractivity contribution in [2.24, 2.45) is 0 Å². The molecule has 2 atom stereocenters. The molecule has 0 saturated carbocycles. The van der Waals surface area contributed by atoms with E-state index >= 15 is 4.39 Å². The van der Waals surface area contributed by atoms with Gasteiger partial charge in [-0.2, -0.15) is 5.10 Å². The fraction of sp³-hybridized carbons (Fsp3) is 0.207. The van der Waals surface area contributed by atoms with E-state index in [0.29, 0.717) is 21.5 Å². The second kappa shape index (κ2) is 10.4. The lowest BCUT2D eigenvalue weighted by Crippen LogP contribution is -2.44. The van der Waals surface area contributed by atoms with Crippen LogP contribution in [0.2, 0.25) is 5.02 Å². The number of pyridine rings is 1. The van der Waals surface area contributed by atoms with Gasteiger partial charge in [-0.3, -0.25) is 24.0 Å². The minimum atomic E-state index is -1.44. The lowest BCUT2D eigenvalue weighted by molar-refractivity contribution is -0.137. The van der Waals surface area contributed by atoms with Gasteiger partial charge < -0.3 is 15.2 Å². The fourth-order valence-electron chi connectivity index (χ4n) is 5.29. The molecule has 0 aliphatic carbocycles. The summed E-state index contributed by atoms with van der Waals surface area (Å²) in [6.07, 6.45) is 3.03. The molecule has 0 radical (unpaired) electrons. The van der Waals surface area contributed by atoms with Gasteiger partial charge in [0.1, 0.15) is 24.5 Å². The van der Waals surface area contributed by atoms with Gasteiger partial charge in [0.2, 0.25) is 11.8 Å². The maximum Gasteiger partial charge on any atom is 0.247 e. The van der Waals surface area contributed by atoms with Crippen LogP contribution < -0.4 is 5.32 Å². The van der Waals surface area contributed by atoms with Gasteiger partial charge in [-0.05, 0) is 24.3 Å². The van der Waals surface area contributed by atoms with Crippen LogP contribution in [0.5, 0.6) is 0 Å². The standard InChI is InChI=1S/C29H23ClF2N6O3/c1-15(39)28-20-7-9-33-12-24(20)38(36-28)14-25(40)37-13-16(31)11-23(37)29(41)35-22-4-2-3-18(27(22)32)17-5-6-21-19(26(17)30)8-10-34-21/h2-10,12,16,23,34H,11,13-14H2,1H3,(H,35,41)/t16-,23+/m1/s1. The fourth-order valence-corrected chi connectivity index (χ4v) is 5.62. The first-order valence-corrected chi connectivity index (χ1v) is 13.2. The topological polar surface area (TPSA) is 113 Å². The third kappa shape index (κ3) is 4.71. The molecule has 0 spiro atoms. The lowest BCUT2D eigenvalue weighted by Gasteiger charge is -2.24. The highest BCUT2D eigenvalue weighted by Crippen LogP contribution is 2.37. The van der Waals surface area contributed by atoms with Crippen molar-refractivity contribution >= 4 is 56.7 Å². The van der Waals surface area contributed by atoms with Crippen molar-refractivity contribution in [2.45, 2.75) is 32.1 Å². The van der Waals surface area contributed by atoms with Crippen LogP contribution in [0.1, 0.15) is 23.8 Å². The second-order valence-corrected chi connectivity index (χ2v) is 10.3. The Balaban J connectivity index is 1.24. The molecular formula is C29H23ClF2N6O3. The minimum Gasteiger partial charge on any atom is -0.361 e. The van der Waals surface area contributed by atoms with E-state index < -0.39 is 29.8 Å². The molecule has 1 fully saturated rings. The van der Waals surface area contributed by atoms with E-state index in [-0.39, 0.29) is 42.2 Å². The molecule has 2 aromatic carbocycles. The highest BCUT2D eigenvalue weighted by molar-refractivity contribution is 6.38. The number of nitrogens with one attached hydrogen (secondary N) is 2. The predicted octanol–water partition coefficient (Wildman–Crippen LogP) is 5.15. The predicted molar refractivity (Wildman–Crippen MR) is 150 cm³/mol. The molecule has 41 heavy (non-hydrogen) atoms. The number of alkyl halides is 1. The van der Waals surface area contributed by atoms with Gasteiger partial charge in [0, 0.05) is 53.2 Å². The molecule has 0 unspecified atom stereocenters. The van der Waals surface area contributed by atoms with Gasteiger partial charge in [-0.1, -0.05) is 29.8 Å². The van der Waals surface area contributed by atoms with Crippen LogP contribution >= 0.6 is 11.6 Å². The average molecular weight is 577 g/mol. The summed E-state index contributed by atoms with van der Waals surface area (Å²) in [5.41, 5.74) is 1.94. The Morgan fingerprint density at radius 2 is 1.95 bits per heavy atom. The van der Waals surface area contributed by atoms with Crippen molar-refractivity contribution < 1.29 is 23.2 Å². The zero-order chi connectivity index (χ0) is 28.8. The number of aromatic nitrogens is 4. The van der Waals surface area contributed by atoms with Crippen LogP contribution in [0, 0.1) is 5.82 Å². The van der Waals surface area contributed by atoms with Crippen molar-refractivity contribution in [3.63, 3.8) is 0 Å². The third-order valence-electron chi connectivity index (χ3n) is 7.26. The Labute approximate surface area is 237 Å². The number of likely N-dealkylation sites (tertiary alicyclic amines) is 1. The van der Waals surface area contributed by atoms with Crippen molar-refractivity contribution in [1.29, 1.82) is 0 Å². The number of carbonyl (C=O) groups is 3. The molecule has 1 saturated heterocycles. The van der Waals surface area contributed by atoms with Gasteiger partial charge >= 0.3 is 0 Å². The van der Waals surface area contributed by atoms with Gasteiger partial charge in [-0.25, -0.2) is 8.78 Å². The van der Waals surface area contributed by atoms with Gasteiger partial charge in [-0.15, -0.1) is 0 Å². The maximum absolute atomic E-state index is 15.7. The van der Waals surface area contributed by atoms with Crippen LogP contribution in [0.3, 0.4) is 0 Å². The van der Waals surface area contributed by atoms with Crippen LogP contribution in [-0.4, -0.2) is 61.0 Å². The Kier molecular flexibility index (Phi) is 6.74. The maximum atomic E-state index is 15.7. The van der Waals surface area contributed by atoms with Crippen molar-refractivity contribution in [1.82, 2.24) is 24.6 Å². The number of ketones is 1. The zero-order valence-electron chi connectivity index (χ0n) is 21.7. The van der Waals surface area contributed by atoms with E-state index in [4.69, 9.17) is 11.6 Å². The Bertz CT molecular complexity index is 1850. The first-order valence-electron chi connectivity index (χ1n) is 12.8. The monoisotopic (exact) mass is 576 g/mol. The largest absolute Gasteiger partial charge is 0.361 e. The summed E-state index contributed by atoms with van der Waals surface area (Å²) in [4.78, 5) is 46.9. The van der Waals surface area contributed by atoms with E-state index in [9.17, 15) is 18.8 Å². The van der Waals surface area contributed by atoms with Gasteiger partial charge in [0.15, 0.2) is 11.6 Å². The molecule has 4 heterocycles. The van der Waals surface area contributed by atoms with E-state index in [1.807, 2.05) is 0 Å². The summed E-state index contributed by atoms with van der Waals surface area (Å²) in [6.45, 7) is 0.724. The molecule has 3 aromatic heterocycles. The molecule has 9 nitrogen and oxygen atoms in total. The Morgan fingerprint density at radius 3 is 2.76 bits per heavy atom. The highest BCUT2D eigenvalue weighted by Gasteiger charge is 2.40. The average Bonchev–Trinajstić information content (AvgIpc) is 3.68. The van der Waals surface area contributed by atoms with E-state index in [1.54, 1.807) is 42.6 Å². The van der Waals surface area contributed by atoms with Crippen molar-refractivity contribution in [3.05, 3.63) is 77.6 Å². The molecule has 5 aromatic rings. The lowest BCUT2D eigenvalue weighted by atomic mass is 10.0.